The second-order valence-electron chi connectivity index (χ2n) is 21.9. The van der Waals surface area contributed by atoms with Crippen molar-refractivity contribution in [3.8, 4) is 0 Å². The Morgan fingerprint density at radius 1 is 0.510 bits per heavy atom. The molecule has 33 heteroatoms. The molecule has 6 aromatic rings. The molecule has 0 spiro atoms. The van der Waals surface area contributed by atoms with Crippen molar-refractivity contribution in [1.82, 2.24) is 29.2 Å². The van der Waals surface area contributed by atoms with E-state index in [0.29, 0.717) is 78.3 Å². The van der Waals surface area contributed by atoms with E-state index >= 15 is 0 Å². The van der Waals surface area contributed by atoms with Gasteiger partial charge in [-0.1, -0.05) is 70.6 Å². The van der Waals surface area contributed by atoms with E-state index in [1.165, 1.54) is 16.1 Å². The normalized spacial score (nSPS) is 12.5. The quantitative estimate of drug-likeness (QED) is 0.0218. The Labute approximate surface area is 626 Å². The van der Waals surface area contributed by atoms with Crippen molar-refractivity contribution in [1.29, 1.82) is 0 Å². The number of halogens is 2. The summed E-state index contributed by atoms with van der Waals surface area (Å²) in [5.41, 5.74) is 11.2. The number of fused-ring (bicyclic) bond motifs is 2. The number of sulfonamides is 2. The molecule has 2 heterocycles. The predicted molar refractivity (Wildman–Crippen MR) is 392 cm³/mol. The van der Waals surface area contributed by atoms with Crippen LogP contribution in [0.2, 0.25) is 10.0 Å². The molecule has 6 rings (SSSR count). The van der Waals surface area contributed by atoms with Crippen molar-refractivity contribution in [2.24, 2.45) is 5.73 Å². The van der Waals surface area contributed by atoms with Gasteiger partial charge in [-0.3, -0.25) is 52.1 Å². The number of aromatic nitrogens is 2. The fourth-order valence-electron chi connectivity index (χ4n) is 9.74. The van der Waals surface area contributed by atoms with Gasteiger partial charge in [-0.2, -0.15) is 49.2 Å². The first-order valence-electron chi connectivity index (χ1n) is 30.3. The number of primary amides is 1. The van der Waals surface area contributed by atoms with Crippen LogP contribution >= 0.6 is 23.2 Å². The zero-order chi connectivity index (χ0) is 73.5. The summed E-state index contributed by atoms with van der Waals surface area (Å²) in [5.74, 6) is -3.82. The average Bonchev–Trinajstić information content (AvgIpc) is 1.62. The SMILES string of the molecule is CC(=O)[C@H](C[S-])[N-]CC[N-][C@@H](C[S-])C(=O)NCCCCS(=O)(=O)NC(=O)Cc1c(C)n(C(=O)c2ccc(Cl)cc2)c2ccc(C)cc12.Cc1ccc2c(c1)c(CC(=O)NS(=O)(=O)CCCCNC(=O)[C@H](C[S-])[N-]CC[N-][C@@H](C[S-])C(N)=O)c(C)n2C(=O)c1ccc(Cl)cc1.[CH2]=[99Tc+4].[CH2]=[99Tc+4]. The average molecular weight is 1670 g/mol. The Morgan fingerprint density at radius 3 is 1.15 bits per heavy atom. The number of hydrogen-bond acceptors (Lipinski definition) is 16. The Bertz CT molecular complexity index is 3690. The number of ketones is 1. The number of nitrogens with zero attached hydrogens (tertiary/aromatic N) is 6. The predicted octanol–water partition coefficient (Wildman–Crippen LogP) is 6.13. The third kappa shape index (κ3) is 27.8. The zero-order valence-corrected chi connectivity index (χ0v) is 64.8. The van der Waals surface area contributed by atoms with E-state index in [4.69, 9.17) is 79.5 Å². The Morgan fingerprint density at radius 2 is 0.837 bits per heavy atom. The summed E-state index contributed by atoms with van der Waals surface area (Å²) in [4.78, 5) is 100. The first kappa shape index (κ1) is 87.3. The molecule has 0 bridgehead atoms. The summed E-state index contributed by atoms with van der Waals surface area (Å²) in [6.07, 6.45) is 0.552. The van der Waals surface area contributed by atoms with Crippen LogP contribution in [0.15, 0.2) is 84.9 Å². The molecule has 0 aliphatic rings. The van der Waals surface area contributed by atoms with Crippen LogP contribution in [0.1, 0.15) is 87.0 Å². The molecule has 0 fully saturated rings. The van der Waals surface area contributed by atoms with E-state index < -0.39 is 67.8 Å². The van der Waals surface area contributed by atoms with Crippen LogP contribution in [0.5, 0.6) is 0 Å². The van der Waals surface area contributed by atoms with Crippen LogP contribution in [-0.2, 0) is 149 Å². The standard InChI is InChI=1S/C32H40ClN5O6S3.C31H39ClN6O6S3.2CH2.2Tc/c1-20-6-11-29-26(16-20)25(21(2)38(29)32(42)23-7-9-24(33)10-8-23)17-30(40)37-47(43,44)15-5-4-12-36-31(41)28(19-46)35-14-13-34-27(18-45)22(3)39;1-19-5-10-27-24(15-19)23(20(2)38(27)31(42)21-6-8-22(32)9-7-21)16-28(39)37-47(43,44)14-4-3-11-36-30(41)26(18-46)35-13-12-34-25(17-45)29(33)40;;;;/h6-11,16,27-28,45-46H,4-5,12-15,17-19H2,1-3H3,(H,36,41)(H,37,40);5-10,15,25-26,45-46H,3-4,11-14,16-18H2,1-2H3,(H2,33,40)(H,36,41)(H,37,39);2*1H2;;/q2*-2;;;2*+4/p-4/t27-,28-;25-,26-;;;;/m00..../s1/i;;;;2*1+1. The van der Waals surface area contributed by atoms with Gasteiger partial charge in [0.25, 0.3) is 11.8 Å². The summed E-state index contributed by atoms with van der Waals surface area (Å²) >= 11 is 35.6. The molecular formula is C65H79Cl2N11O12S6Tc2. The fraction of sp³-hybridized carbons (Fsp3) is 0.415. The van der Waals surface area contributed by atoms with Gasteiger partial charge >= 0.3 is 46.9 Å². The monoisotopic (exact) mass is 1670 g/mol. The molecule has 0 aliphatic heterocycles. The Kier molecular flexibility index (Phi) is 39.6. The second kappa shape index (κ2) is 44.5. The number of nitrogens with one attached hydrogen (secondary N) is 4. The van der Waals surface area contributed by atoms with Crippen molar-refractivity contribution in [3.05, 3.63) is 161 Å². The molecule has 4 atom stereocenters. The summed E-state index contributed by atoms with van der Waals surface area (Å²) in [6.45, 7) is 9.87. The molecule has 5 amide bonds. The number of aryl methyl sites for hydroxylation is 2. The van der Waals surface area contributed by atoms with E-state index in [1.807, 2.05) is 75.0 Å². The van der Waals surface area contributed by atoms with Crippen molar-refractivity contribution < 1.29 is 92.1 Å². The Hall–Kier alpha value is -4.92. The molecule has 23 nitrogen and oxygen atoms in total. The van der Waals surface area contributed by atoms with Gasteiger partial charge in [0.1, 0.15) is 5.78 Å². The van der Waals surface area contributed by atoms with E-state index in [2.05, 4.69) is 51.4 Å². The van der Waals surface area contributed by atoms with Gasteiger partial charge in [0.2, 0.25) is 43.7 Å². The molecule has 0 saturated carbocycles. The molecular weight excluding hydrogens is 1590 g/mol. The van der Waals surface area contributed by atoms with E-state index in [1.54, 1.807) is 74.5 Å². The van der Waals surface area contributed by atoms with Crippen molar-refractivity contribution in [2.45, 2.75) is 97.3 Å². The van der Waals surface area contributed by atoms with Crippen LogP contribution in [0, 0.1) is 27.7 Å². The van der Waals surface area contributed by atoms with E-state index in [9.17, 15) is 55.2 Å². The van der Waals surface area contributed by atoms with Crippen molar-refractivity contribution in [2.75, 3.05) is 73.8 Å². The molecule has 0 unspecified atom stereocenters. The summed E-state index contributed by atoms with van der Waals surface area (Å²) in [6, 6.07) is 21.1. The van der Waals surface area contributed by atoms with Crippen molar-refractivity contribution in [3.63, 3.8) is 0 Å². The van der Waals surface area contributed by atoms with Crippen molar-refractivity contribution >= 4 is 173 Å². The zero-order valence-electron chi connectivity index (χ0n) is 54.7. The maximum atomic E-state index is 13.5. The number of carbonyl (C=O) groups excluding carboxylic acids is 8. The van der Waals surface area contributed by atoms with Crippen LogP contribution in [-0.4, -0.2) is 181 Å². The third-order valence-corrected chi connectivity index (χ3v) is 19.2. The molecule has 530 valence electrons. The van der Waals surface area contributed by atoms with E-state index in [-0.39, 0.29) is 123 Å². The van der Waals surface area contributed by atoms with Gasteiger partial charge in [-0.25, -0.2) is 16.8 Å². The van der Waals surface area contributed by atoms with Gasteiger partial charge in [0.05, 0.1) is 35.4 Å². The summed E-state index contributed by atoms with van der Waals surface area (Å²) in [7, 11) is -7.93. The molecule has 6 N–H and O–H groups in total. The van der Waals surface area contributed by atoms with Crippen LogP contribution in [0.25, 0.3) is 43.1 Å². The first-order valence-corrected chi connectivity index (χ1v) is 39.3. The third-order valence-electron chi connectivity index (χ3n) is 14.7. The first-order chi connectivity index (χ1) is 46.5. The number of rotatable bonds is 36. The summed E-state index contributed by atoms with van der Waals surface area (Å²) in [5, 5.41) is 30.9. The van der Waals surface area contributed by atoms with Gasteiger partial charge in [-0.05, 0) is 144 Å². The number of amides is 5. The number of carbonyl (C=O) groups is 8. The van der Waals surface area contributed by atoms with Gasteiger partial charge in [0.15, 0.2) is 5.91 Å². The molecule has 0 aliphatic carbocycles. The molecule has 0 radical (unpaired) electrons. The Balaban J connectivity index is 0.000000486. The van der Waals surface area contributed by atoms with Crippen LogP contribution in [0.3, 0.4) is 0 Å². The molecule has 2 aromatic heterocycles. The number of Topliss-reactive ketones (excluding diaryl/α,β-unsaturated/α-hetero) is 1. The molecule has 4 aromatic carbocycles. The molecule has 98 heavy (non-hydrogen) atoms. The number of unbranched alkanes of at least 4 members (excludes halogenated alkanes) is 2. The summed E-state index contributed by atoms with van der Waals surface area (Å²) < 4.78 is 58.1. The minimum absolute atomic E-state index is 0.0412. The van der Waals surface area contributed by atoms with Crippen LogP contribution < -0.4 is 25.8 Å². The minimum atomic E-state index is -3.97. The number of hydrogen-bond donors (Lipinski definition) is 5. The maximum absolute atomic E-state index is 13.5. The molecule has 0 saturated heterocycles. The number of nitrogens with two attached hydrogens (primary N) is 1. The van der Waals surface area contributed by atoms with Gasteiger partial charge < -0.3 is 92.9 Å². The van der Waals surface area contributed by atoms with Gasteiger partial charge in [-0.15, -0.1) is 0 Å². The van der Waals surface area contributed by atoms with Gasteiger partial charge in [0, 0.05) is 56.4 Å². The van der Waals surface area contributed by atoms with Crippen LogP contribution in [0.4, 0.5) is 0 Å². The van der Waals surface area contributed by atoms with E-state index in [0.717, 1.165) is 11.1 Å². The number of benzene rings is 4. The topological polar surface area (TPSA) is 345 Å². The fourth-order valence-corrected chi connectivity index (χ4v) is 13.3. The second-order valence-corrected chi connectivity index (χ2v) is 27.8.